The number of ether oxygens (including phenoxy) is 1. The number of esters is 1. The predicted molar refractivity (Wildman–Crippen MR) is 192 cm³/mol. The minimum absolute atomic E-state index is 0.0631. The molecular weight excluding hydrogens is 636 g/mol. The van der Waals surface area contributed by atoms with E-state index in [0.717, 1.165) is 37.5 Å². The Balaban J connectivity index is 0.000000274. The average Bonchev–Trinajstić information content (AvgIpc) is 3.70. The van der Waals surface area contributed by atoms with Crippen LogP contribution in [0.25, 0.3) is 0 Å². The molecule has 2 heterocycles. The smallest absolute Gasteiger partial charge is 0.307 e. The highest BCUT2D eigenvalue weighted by Gasteiger charge is 2.27. The van der Waals surface area contributed by atoms with E-state index in [2.05, 4.69) is 20.3 Å². The van der Waals surface area contributed by atoms with Crippen molar-refractivity contribution in [1.82, 2.24) is 30.1 Å². The van der Waals surface area contributed by atoms with E-state index in [1.807, 2.05) is 58.8 Å². The second-order valence-electron chi connectivity index (χ2n) is 16.2. The fourth-order valence-electron chi connectivity index (χ4n) is 7.24. The van der Waals surface area contributed by atoms with E-state index in [9.17, 15) is 9.59 Å². The van der Waals surface area contributed by atoms with Crippen LogP contribution in [0.3, 0.4) is 0 Å². The molecule has 0 aromatic carbocycles. The molecular formula is C38H66N6O6. The van der Waals surface area contributed by atoms with Gasteiger partial charge in [-0.25, -0.2) is 0 Å². The van der Waals surface area contributed by atoms with Crippen LogP contribution in [0.15, 0.2) is 9.05 Å². The SMILES string of the molecule is CN(C)Cc1noc([C@H](CCCC2CCCCC2)CC(=O)O)n1.CN(C)Cc1noc([C@H](CCCC2CCCCC2)CC(=O)OC(C)(C)C)n1. The molecule has 284 valence electrons. The predicted octanol–water partition coefficient (Wildman–Crippen LogP) is 8.14. The van der Waals surface area contributed by atoms with Crippen molar-refractivity contribution in [1.29, 1.82) is 0 Å². The summed E-state index contributed by atoms with van der Waals surface area (Å²) in [6.07, 6.45) is 20.1. The summed E-state index contributed by atoms with van der Waals surface area (Å²) in [4.78, 5) is 36.4. The van der Waals surface area contributed by atoms with Gasteiger partial charge in [0.05, 0.1) is 25.9 Å². The van der Waals surface area contributed by atoms with Gasteiger partial charge in [-0.15, -0.1) is 0 Å². The van der Waals surface area contributed by atoms with Crippen LogP contribution in [-0.2, 0) is 27.4 Å². The highest BCUT2D eigenvalue weighted by molar-refractivity contribution is 5.70. The molecule has 12 nitrogen and oxygen atoms in total. The Kier molecular flexibility index (Phi) is 17.9. The second kappa shape index (κ2) is 21.5. The van der Waals surface area contributed by atoms with Crippen molar-refractivity contribution in [3.8, 4) is 0 Å². The first-order chi connectivity index (χ1) is 23.8. The van der Waals surface area contributed by atoms with Crippen LogP contribution in [0, 0.1) is 11.8 Å². The van der Waals surface area contributed by atoms with Crippen LogP contribution in [0.5, 0.6) is 0 Å². The molecule has 0 bridgehead atoms. The summed E-state index contributed by atoms with van der Waals surface area (Å²) in [5.74, 6) is 2.76. The number of carboxylic acid groups (broad SMARTS) is 1. The number of nitrogens with zero attached hydrogens (tertiary/aromatic N) is 6. The van der Waals surface area contributed by atoms with Crippen molar-refractivity contribution in [2.75, 3.05) is 28.2 Å². The molecule has 0 radical (unpaired) electrons. The highest BCUT2D eigenvalue weighted by atomic mass is 16.6. The van der Waals surface area contributed by atoms with Crippen LogP contribution >= 0.6 is 0 Å². The average molecular weight is 703 g/mol. The van der Waals surface area contributed by atoms with Crippen LogP contribution in [0.1, 0.15) is 172 Å². The molecule has 2 aliphatic rings. The van der Waals surface area contributed by atoms with Crippen LogP contribution in [-0.4, -0.2) is 80.9 Å². The number of aliphatic carboxylic acids is 1. The largest absolute Gasteiger partial charge is 0.481 e. The first kappa shape index (κ1) is 41.6. The molecule has 2 aromatic heterocycles. The van der Waals surface area contributed by atoms with Gasteiger partial charge in [-0.3, -0.25) is 9.59 Å². The maximum absolute atomic E-state index is 12.4. The molecule has 0 aliphatic heterocycles. The van der Waals surface area contributed by atoms with E-state index in [1.54, 1.807) is 0 Å². The third-order valence-corrected chi connectivity index (χ3v) is 9.61. The fourth-order valence-corrected chi connectivity index (χ4v) is 7.24. The number of carbonyl (C=O) groups is 2. The van der Waals surface area contributed by atoms with E-state index in [4.69, 9.17) is 18.9 Å². The number of carboxylic acids is 1. The van der Waals surface area contributed by atoms with E-state index in [1.165, 1.54) is 77.0 Å². The first-order valence-electron chi connectivity index (χ1n) is 19.2. The van der Waals surface area contributed by atoms with E-state index >= 15 is 0 Å². The maximum atomic E-state index is 12.4. The van der Waals surface area contributed by atoms with Crippen LogP contribution in [0.2, 0.25) is 0 Å². The van der Waals surface area contributed by atoms with Gasteiger partial charge in [0.1, 0.15) is 5.60 Å². The van der Waals surface area contributed by atoms with Crippen LogP contribution < -0.4 is 0 Å². The van der Waals surface area contributed by atoms with E-state index in [0.29, 0.717) is 42.9 Å². The monoisotopic (exact) mass is 703 g/mol. The molecule has 12 heteroatoms. The Morgan fingerprint density at radius 2 is 1.16 bits per heavy atom. The lowest BCUT2D eigenvalue weighted by atomic mass is 9.84. The molecule has 0 unspecified atom stereocenters. The Labute approximate surface area is 300 Å². The Morgan fingerprint density at radius 1 is 0.740 bits per heavy atom. The Bertz CT molecular complexity index is 1240. The van der Waals surface area contributed by atoms with Gasteiger partial charge in [-0.05, 0) is 73.6 Å². The summed E-state index contributed by atoms with van der Waals surface area (Å²) >= 11 is 0. The summed E-state index contributed by atoms with van der Waals surface area (Å²) < 4.78 is 16.3. The number of aromatic nitrogens is 4. The zero-order chi connectivity index (χ0) is 36.5. The number of carbonyl (C=O) groups excluding carboxylic acids is 1. The third kappa shape index (κ3) is 16.9. The molecule has 0 spiro atoms. The van der Waals surface area contributed by atoms with Crippen molar-refractivity contribution in [3.05, 3.63) is 23.4 Å². The lowest BCUT2D eigenvalue weighted by Gasteiger charge is -2.23. The van der Waals surface area contributed by atoms with Gasteiger partial charge in [0.25, 0.3) is 0 Å². The molecule has 1 N–H and O–H groups in total. The van der Waals surface area contributed by atoms with Gasteiger partial charge >= 0.3 is 11.9 Å². The molecule has 4 rings (SSSR count). The van der Waals surface area contributed by atoms with Gasteiger partial charge in [-0.2, -0.15) is 9.97 Å². The summed E-state index contributed by atoms with van der Waals surface area (Å²) in [5, 5.41) is 17.2. The van der Waals surface area contributed by atoms with Gasteiger partial charge in [-0.1, -0.05) is 100 Å². The number of hydrogen-bond acceptors (Lipinski definition) is 11. The fraction of sp³-hybridized carbons (Fsp3) is 0.842. The minimum atomic E-state index is -0.806. The first-order valence-corrected chi connectivity index (χ1v) is 19.2. The third-order valence-electron chi connectivity index (χ3n) is 9.61. The molecule has 0 saturated heterocycles. The van der Waals surface area contributed by atoms with Gasteiger partial charge < -0.3 is 28.7 Å². The summed E-state index contributed by atoms with van der Waals surface area (Å²) in [6, 6.07) is 0. The van der Waals surface area contributed by atoms with Crippen molar-refractivity contribution < 1.29 is 28.5 Å². The molecule has 0 amide bonds. The lowest BCUT2D eigenvalue weighted by Crippen LogP contribution is -2.25. The van der Waals surface area contributed by atoms with E-state index < -0.39 is 11.6 Å². The van der Waals surface area contributed by atoms with Gasteiger partial charge in [0.2, 0.25) is 11.8 Å². The zero-order valence-electron chi connectivity index (χ0n) is 32.1. The molecule has 2 aromatic rings. The highest BCUT2D eigenvalue weighted by Crippen LogP contribution is 2.33. The van der Waals surface area contributed by atoms with Crippen molar-refractivity contribution >= 4 is 11.9 Å². The van der Waals surface area contributed by atoms with Crippen LogP contribution in [0.4, 0.5) is 0 Å². The maximum Gasteiger partial charge on any atom is 0.307 e. The second-order valence-corrected chi connectivity index (χ2v) is 16.2. The summed E-state index contributed by atoms with van der Waals surface area (Å²) in [5.41, 5.74) is -0.478. The van der Waals surface area contributed by atoms with Crippen molar-refractivity contribution in [3.63, 3.8) is 0 Å². The Hall–Kier alpha value is -2.86. The molecule has 2 saturated carbocycles. The zero-order valence-corrected chi connectivity index (χ0v) is 32.1. The lowest BCUT2D eigenvalue weighted by molar-refractivity contribution is -0.155. The topological polar surface area (TPSA) is 148 Å². The molecule has 2 atom stereocenters. The minimum Gasteiger partial charge on any atom is -0.481 e. The molecule has 50 heavy (non-hydrogen) atoms. The quantitative estimate of drug-likeness (QED) is 0.150. The number of hydrogen-bond donors (Lipinski definition) is 1. The van der Waals surface area contributed by atoms with E-state index in [-0.39, 0.29) is 24.2 Å². The number of rotatable bonds is 18. The summed E-state index contributed by atoms with van der Waals surface area (Å²) in [6.45, 7) is 6.91. The molecule has 2 aliphatic carbocycles. The normalized spacial score (nSPS) is 17.4. The Morgan fingerprint density at radius 3 is 1.54 bits per heavy atom. The standard InChI is InChI=1S/C21H37N3O3.C17H29N3O3/c1-21(2,3)26-19(25)14-17(13-9-12-16-10-7-6-8-11-16)20-22-18(23-27-20)15-24(4)5;1-20(2)12-15-18-17(23-19-15)14(11-16(21)22)10-6-9-13-7-4-3-5-8-13/h16-17H,6-15H2,1-5H3;13-14H,3-12H2,1-2H3,(H,21,22)/t17-;14-/m11/s1. The van der Waals surface area contributed by atoms with Crippen molar-refractivity contribution in [2.24, 2.45) is 11.8 Å². The van der Waals surface area contributed by atoms with Gasteiger partial charge in [0, 0.05) is 11.8 Å². The van der Waals surface area contributed by atoms with Gasteiger partial charge in [0.15, 0.2) is 11.6 Å². The van der Waals surface area contributed by atoms with Crippen molar-refractivity contribution in [2.45, 2.75) is 167 Å². The summed E-state index contributed by atoms with van der Waals surface area (Å²) in [7, 11) is 7.82. The molecule has 2 fully saturated rings.